The predicted molar refractivity (Wildman–Crippen MR) is 104 cm³/mol. The van der Waals surface area contributed by atoms with Gasteiger partial charge in [0.25, 0.3) is 0 Å². The third kappa shape index (κ3) is 5.58. The Morgan fingerprint density at radius 2 is 1.62 bits per heavy atom. The van der Waals surface area contributed by atoms with Crippen LogP contribution in [0.4, 0.5) is 0 Å². The number of ether oxygens (including phenoxy) is 2. The summed E-state index contributed by atoms with van der Waals surface area (Å²) in [4.78, 5) is 25.6. The van der Waals surface area contributed by atoms with Crippen LogP contribution in [0.2, 0.25) is 0 Å². The number of hydrogen-bond acceptors (Lipinski definition) is 4. The molecule has 0 radical (unpaired) electrons. The molecule has 0 saturated heterocycles. The zero-order chi connectivity index (χ0) is 19.6. The van der Waals surface area contributed by atoms with E-state index in [-0.39, 0.29) is 5.92 Å². The fourth-order valence-corrected chi connectivity index (χ4v) is 2.99. The van der Waals surface area contributed by atoms with Gasteiger partial charge in [-0.25, -0.2) is 0 Å². The Bertz CT molecular complexity index is 573. The lowest BCUT2D eigenvalue weighted by atomic mass is 9.82. The third-order valence-electron chi connectivity index (χ3n) is 4.96. The molecule has 1 rings (SSSR count). The lowest BCUT2D eigenvalue weighted by Gasteiger charge is -2.27. The molecule has 0 aliphatic carbocycles. The summed E-state index contributed by atoms with van der Waals surface area (Å²) in [5.41, 5.74) is -0.288. The second kappa shape index (κ2) is 11.0. The lowest BCUT2D eigenvalue weighted by Crippen LogP contribution is -2.42. The van der Waals surface area contributed by atoms with Crippen LogP contribution in [-0.4, -0.2) is 18.5 Å². The van der Waals surface area contributed by atoms with E-state index in [0.29, 0.717) is 25.2 Å². The largest absolute Gasteiger partial charge is 0.465 e. The van der Waals surface area contributed by atoms with Crippen molar-refractivity contribution in [1.29, 1.82) is 0 Å². The van der Waals surface area contributed by atoms with Crippen LogP contribution in [-0.2, 0) is 14.3 Å². The Morgan fingerprint density at radius 3 is 2.19 bits per heavy atom. The SMILES string of the molecule is CCCCCCOC(=O)C(CC)(CC)C(=O)Oc1ccccc1C(C)C. The van der Waals surface area contributed by atoms with Crippen LogP contribution in [0.25, 0.3) is 0 Å². The Balaban J connectivity index is 2.87. The van der Waals surface area contributed by atoms with E-state index in [1.165, 1.54) is 0 Å². The quantitative estimate of drug-likeness (QED) is 0.221. The average molecular weight is 363 g/mol. The molecule has 1 aromatic carbocycles. The molecule has 0 unspecified atom stereocenters. The van der Waals surface area contributed by atoms with Crippen molar-refractivity contribution >= 4 is 11.9 Å². The summed E-state index contributed by atoms with van der Waals surface area (Å²) >= 11 is 0. The van der Waals surface area contributed by atoms with Crippen molar-refractivity contribution in [2.24, 2.45) is 5.41 Å². The van der Waals surface area contributed by atoms with Crippen LogP contribution >= 0.6 is 0 Å². The van der Waals surface area contributed by atoms with E-state index in [1.54, 1.807) is 6.07 Å². The Kier molecular flexibility index (Phi) is 9.39. The van der Waals surface area contributed by atoms with Crippen LogP contribution < -0.4 is 4.74 Å². The second-order valence-electron chi connectivity index (χ2n) is 7.07. The molecule has 4 heteroatoms. The van der Waals surface area contributed by atoms with Crippen LogP contribution in [0, 0.1) is 5.41 Å². The third-order valence-corrected chi connectivity index (χ3v) is 4.96. The molecule has 0 fully saturated rings. The summed E-state index contributed by atoms with van der Waals surface area (Å²) in [5.74, 6) is -0.239. The van der Waals surface area contributed by atoms with Crippen molar-refractivity contribution in [1.82, 2.24) is 0 Å². The Hall–Kier alpha value is -1.84. The monoisotopic (exact) mass is 362 g/mol. The van der Waals surface area contributed by atoms with Gasteiger partial charge in [0.15, 0.2) is 5.41 Å². The smallest absolute Gasteiger partial charge is 0.328 e. The fourth-order valence-electron chi connectivity index (χ4n) is 2.99. The summed E-state index contributed by atoms with van der Waals surface area (Å²) in [6, 6.07) is 7.47. The van der Waals surface area contributed by atoms with E-state index in [4.69, 9.17) is 9.47 Å². The van der Waals surface area contributed by atoms with Crippen molar-refractivity contribution in [2.45, 2.75) is 79.1 Å². The van der Waals surface area contributed by atoms with Crippen LogP contribution in [0.15, 0.2) is 24.3 Å². The van der Waals surface area contributed by atoms with Crippen molar-refractivity contribution in [3.63, 3.8) is 0 Å². The van der Waals surface area contributed by atoms with Crippen molar-refractivity contribution in [3.8, 4) is 5.75 Å². The summed E-state index contributed by atoms with van der Waals surface area (Å²) in [7, 11) is 0. The van der Waals surface area contributed by atoms with E-state index in [9.17, 15) is 9.59 Å². The molecule has 146 valence electrons. The minimum Gasteiger partial charge on any atom is -0.465 e. The van der Waals surface area contributed by atoms with Gasteiger partial charge >= 0.3 is 11.9 Å². The minimum absolute atomic E-state index is 0.224. The van der Waals surface area contributed by atoms with Gasteiger partial charge in [-0.3, -0.25) is 9.59 Å². The molecule has 0 spiro atoms. The number of carbonyl (C=O) groups is 2. The molecule has 0 heterocycles. The van der Waals surface area contributed by atoms with Gasteiger partial charge in [-0.1, -0.05) is 72.1 Å². The summed E-state index contributed by atoms with van der Waals surface area (Å²) in [5, 5.41) is 0. The molecule has 0 aliphatic rings. The topological polar surface area (TPSA) is 52.6 Å². The van der Waals surface area contributed by atoms with Gasteiger partial charge in [-0.15, -0.1) is 0 Å². The first kappa shape index (κ1) is 22.2. The van der Waals surface area contributed by atoms with Crippen LogP contribution in [0.5, 0.6) is 5.75 Å². The standard InChI is InChI=1S/C22H34O4/c1-6-9-10-13-16-25-20(23)22(7-2,8-3)21(24)26-19-15-12-11-14-18(19)17(4)5/h11-12,14-15,17H,6-10,13,16H2,1-5H3. The molecule has 0 bridgehead atoms. The van der Waals surface area contributed by atoms with Gasteiger partial charge in [0.2, 0.25) is 0 Å². The molecule has 0 saturated carbocycles. The molecule has 4 nitrogen and oxygen atoms in total. The molecular weight excluding hydrogens is 328 g/mol. The summed E-state index contributed by atoms with van der Waals surface area (Å²) < 4.78 is 11.1. The van der Waals surface area contributed by atoms with Gasteiger partial charge in [-0.2, -0.15) is 0 Å². The molecular formula is C22H34O4. The van der Waals surface area contributed by atoms with Crippen molar-refractivity contribution in [2.75, 3.05) is 6.61 Å². The van der Waals surface area contributed by atoms with Crippen molar-refractivity contribution < 1.29 is 19.1 Å². The number of rotatable bonds is 11. The highest BCUT2D eigenvalue weighted by Gasteiger charge is 2.46. The van der Waals surface area contributed by atoms with Crippen LogP contribution in [0.1, 0.15) is 84.6 Å². The highest BCUT2D eigenvalue weighted by Crippen LogP contribution is 2.33. The maximum atomic E-state index is 12.9. The lowest BCUT2D eigenvalue weighted by molar-refractivity contribution is -0.168. The normalized spacial score (nSPS) is 11.5. The fraction of sp³-hybridized carbons (Fsp3) is 0.636. The summed E-state index contributed by atoms with van der Waals surface area (Å²) in [6.07, 6.45) is 4.83. The number of carbonyl (C=O) groups excluding carboxylic acids is 2. The van der Waals surface area contributed by atoms with Gasteiger partial charge in [0.1, 0.15) is 5.75 Å². The molecule has 26 heavy (non-hydrogen) atoms. The Labute approximate surface area is 158 Å². The average Bonchev–Trinajstić information content (AvgIpc) is 2.63. The maximum Gasteiger partial charge on any atom is 0.328 e. The molecule has 0 aromatic heterocycles. The van der Waals surface area contributed by atoms with E-state index < -0.39 is 17.4 Å². The first-order chi connectivity index (χ1) is 12.4. The number of hydrogen-bond donors (Lipinski definition) is 0. The molecule has 0 N–H and O–H groups in total. The number of esters is 2. The highest BCUT2D eigenvalue weighted by atomic mass is 16.6. The Morgan fingerprint density at radius 1 is 0.962 bits per heavy atom. The van der Waals surface area contributed by atoms with E-state index in [2.05, 4.69) is 6.92 Å². The molecule has 0 aliphatic heterocycles. The van der Waals surface area contributed by atoms with E-state index in [1.807, 2.05) is 45.9 Å². The van der Waals surface area contributed by atoms with Gasteiger partial charge < -0.3 is 9.47 Å². The van der Waals surface area contributed by atoms with Crippen LogP contribution in [0.3, 0.4) is 0 Å². The van der Waals surface area contributed by atoms with Gasteiger partial charge in [0.05, 0.1) is 6.61 Å². The zero-order valence-electron chi connectivity index (χ0n) is 17.0. The van der Waals surface area contributed by atoms with Crippen molar-refractivity contribution in [3.05, 3.63) is 29.8 Å². The molecule has 0 amide bonds. The zero-order valence-corrected chi connectivity index (χ0v) is 17.0. The number of unbranched alkanes of at least 4 members (excludes halogenated alkanes) is 3. The predicted octanol–water partition coefficient (Wildman–Crippen LogP) is 5.65. The van der Waals surface area contributed by atoms with E-state index in [0.717, 1.165) is 31.2 Å². The van der Waals surface area contributed by atoms with E-state index >= 15 is 0 Å². The summed E-state index contributed by atoms with van der Waals surface area (Å²) in [6.45, 7) is 10.2. The first-order valence-corrected chi connectivity index (χ1v) is 9.91. The first-order valence-electron chi connectivity index (χ1n) is 9.91. The maximum absolute atomic E-state index is 12.9. The number of benzene rings is 1. The van der Waals surface area contributed by atoms with Gasteiger partial charge in [-0.05, 0) is 36.8 Å². The highest BCUT2D eigenvalue weighted by molar-refractivity contribution is 6.00. The minimum atomic E-state index is -1.24. The second-order valence-corrected chi connectivity index (χ2v) is 7.07. The van der Waals surface area contributed by atoms with Gasteiger partial charge in [0, 0.05) is 0 Å². The molecule has 1 aromatic rings. The molecule has 0 atom stereocenters. The number of para-hydroxylation sites is 1.